The Balaban J connectivity index is 1.93. The molecule has 10 heteroatoms. The molecule has 1 aromatic carbocycles. The molecule has 1 amide bonds. The first-order valence-electron chi connectivity index (χ1n) is 9.57. The average molecular weight is 467 g/mol. The van der Waals surface area contributed by atoms with Crippen LogP contribution in [0.15, 0.2) is 40.1 Å². The maximum atomic E-state index is 13.1. The van der Waals surface area contributed by atoms with Crippen molar-refractivity contribution >= 4 is 33.2 Å². The van der Waals surface area contributed by atoms with Gasteiger partial charge in [0.15, 0.2) is 0 Å². The van der Waals surface area contributed by atoms with Crippen molar-refractivity contribution in [2.45, 2.75) is 37.6 Å². The van der Waals surface area contributed by atoms with Gasteiger partial charge in [-0.15, -0.1) is 11.3 Å². The van der Waals surface area contributed by atoms with Crippen molar-refractivity contribution in [1.82, 2.24) is 9.62 Å². The van der Waals surface area contributed by atoms with Gasteiger partial charge in [0, 0.05) is 23.5 Å². The fourth-order valence-electron chi connectivity index (χ4n) is 3.27. The van der Waals surface area contributed by atoms with Gasteiger partial charge < -0.3 is 9.64 Å². The zero-order chi connectivity index (χ0) is 22.8. The van der Waals surface area contributed by atoms with Crippen molar-refractivity contribution in [3.63, 3.8) is 0 Å². The number of amides is 1. The number of hydrogen-bond donors (Lipinski definition) is 1. The van der Waals surface area contributed by atoms with Gasteiger partial charge in [-0.3, -0.25) is 4.79 Å². The highest BCUT2D eigenvalue weighted by Gasteiger charge is 2.35. The summed E-state index contributed by atoms with van der Waals surface area (Å²) in [6.45, 7) is 4.04. The number of esters is 1. The second-order valence-electron chi connectivity index (χ2n) is 7.06. The number of thiophene rings is 1. The quantitative estimate of drug-likeness (QED) is 0.522. The van der Waals surface area contributed by atoms with E-state index >= 15 is 0 Å². The van der Waals surface area contributed by atoms with Gasteiger partial charge in [-0.2, -0.15) is 0 Å². The molecule has 1 aliphatic heterocycles. The van der Waals surface area contributed by atoms with Gasteiger partial charge in [0.1, 0.15) is 10.0 Å². The minimum atomic E-state index is -4.05. The molecule has 2 heterocycles. The number of benzene rings is 1. The topological polar surface area (TPSA) is 92.8 Å². The first-order valence-corrected chi connectivity index (χ1v) is 11.9. The van der Waals surface area contributed by atoms with Crippen molar-refractivity contribution < 1.29 is 27.1 Å². The second kappa shape index (κ2) is 9.29. The summed E-state index contributed by atoms with van der Waals surface area (Å²) in [5.41, 5.74) is 1.79. The Morgan fingerprint density at radius 3 is 2.58 bits per heavy atom. The number of ether oxygens (including phenoxy) is 1. The molecule has 2 aromatic rings. The van der Waals surface area contributed by atoms with Gasteiger partial charge >= 0.3 is 5.97 Å². The molecule has 166 valence electrons. The van der Waals surface area contributed by atoms with Crippen molar-refractivity contribution in [1.29, 1.82) is 0 Å². The Morgan fingerprint density at radius 2 is 1.97 bits per heavy atom. The van der Waals surface area contributed by atoms with Crippen LogP contribution in [0.1, 0.15) is 40.2 Å². The van der Waals surface area contributed by atoms with E-state index in [1.807, 2.05) is 0 Å². The molecule has 1 aromatic heterocycles. The summed E-state index contributed by atoms with van der Waals surface area (Å²) in [5, 5.41) is 0. The summed E-state index contributed by atoms with van der Waals surface area (Å²) in [4.78, 5) is 27.3. The molecule has 0 radical (unpaired) electrons. The molecule has 3 rings (SSSR count). The fraction of sp³-hybridized carbons (Fsp3) is 0.333. The van der Waals surface area contributed by atoms with Crippen molar-refractivity contribution in [3.05, 3.63) is 63.3 Å². The standard InChI is InChI=1S/C21H23FN2O5S2/c1-4-13(2)19(25)24-10-9-16-17(12-24)30-21(18(16)20(26)29-3)31(27,28)23-11-14-5-7-15(22)8-6-14/h4-8,23H,9-12H2,1-3H3/b13-4+. The molecule has 31 heavy (non-hydrogen) atoms. The monoisotopic (exact) mass is 466 g/mol. The van der Waals surface area contributed by atoms with E-state index in [4.69, 9.17) is 4.74 Å². The molecule has 0 spiro atoms. The molecule has 0 bridgehead atoms. The molecular weight excluding hydrogens is 443 g/mol. The molecule has 0 saturated heterocycles. The molecule has 7 nitrogen and oxygen atoms in total. The highest BCUT2D eigenvalue weighted by atomic mass is 32.2. The Morgan fingerprint density at radius 1 is 1.29 bits per heavy atom. The maximum absolute atomic E-state index is 13.1. The van der Waals surface area contributed by atoms with Crippen LogP contribution in [0.25, 0.3) is 0 Å². The van der Waals surface area contributed by atoms with Gasteiger partial charge in [-0.25, -0.2) is 22.3 Å². The van der Waals surface area contributed by atoms with Crippen LogP contribution in [0.4, 0.5) is 4.39 Å². The van der Waals surface area contributed by atoms with Crippen LogP contribution in [0.5, 0.6) is 0 Å². The van der Waals surface area contributed by atoms with E-state index in [2.05, 4.69) is 4.72 Å². The molecule has 0 aliphatic carbocycles. The number of nitrogens with one attached hydrogen (secondary N) is 1. The zero-order valence-corrected chi connectivity index (χ0v) is 19.0. The van der Waals surface area contributed by atoms with E-state index in [-0.39, 0.29) is 28.8 Å². The number of hydrogen-bond acceptors (Lipinski definition) is 6. The van der Waals surface area contributed by atoms with Gasteiger partial charge in [0.25, 0.3) is 10.0 Å². The number of methoxy groups -OCH3 is 1. The number of sulfonamides is 1. The Hall–Kier alpha value is -2.56. The molecule has 0 unspecified atom stereocenters. The average Bonchev–Trinajstić information content (AvgIpc) is 3.17. The minimum absolute atomic E-state index is 0.0176. The van der Waals surface area contributed by atoms with Crippen LogP contribution in [0.3, 0.4) is 0 Å². The van der Waals surface area contributed by atoms with Crippen molar-refractivity contribution in [2.75, 3.05) is 13.7 Å². The van der Waals surface area contributed by atoms with Gasteiger partial charge in [0.2, 0.25) is 5.91 Å². The highest BCUT2D eigenvalue weighted by molar-refractivity contribution is 7.91. The number of carbonyl (C=O) groups is 2. The van der Waals surface area contributed by atoms with E-state index in [9.17, 15) is 22.4 Å². The van der Waals surface area contributed by atoms with E-state index in [1.54, 1.807) is 24.8 Å². The third kappa shape index (κ3) is 4.86. The van der Waals surface area contributed by atoms with Gasteiger partial charge in [0.05, 0.1) is 19.2 Å². The summed E-state index contributed by atoms with van der Waals surface area (Å²) in [7, 11) is -2.85. The molecule has 1 N–H and O–H groups in total. The summed E-state index contributed by atoms with van der Waals surface area (Å²) < 4.78 is 46.3. The van der Waals surface area contributed by atoms with Crippen LogP contribution in [-0.2, 0) is 39.1 Å². The number of nitrogens with zero attached hydrogens (tertiary/aromatic N) is 1. The highest BCUT2D eigenvalue weighted by Crippen LogP contribution is 2.37. The molecule has 0 saturated carbocycles. The number of fused-ring (bicyclic) bond motifs is 1. The fourth-order valence-corrected chi connectivity index (χ4v) is 6.23. The zero-order valence-electron chi connectivity index (χ0n) is 17.4. The maximum Gasteiger partial charge on any atom is 0.340 e. The number of carbonyl (C=O) groups excluding carboxylic acids is 2. The Bertz CT molecular complexity index is 1140. The Labute approximate surface area is 184 Å². The van der Waals surface area contributed by atoms with E-state index in [1.165, 1.54) is 31.4 Å². The first-order chi connectivity index (χ1) is 14.7. The SMILES string of the molecule is C/C=C(\C)C(=O)N1CCc2c(sc(S(=O)(=O)NCc3ccc(F)cc3)c2C(=O)OC)C1. The molecule has 0 fully saturated rings. The molecular formula is C21H23FN2O5S2. The lowest BCUT2D eigenvalue weighted by Gasteiger charge is -2.27. The van der Waals surface area contributed by atoms with Crippen LogP contribution < -0.4 is 4.72 Å². The normalized spacial score (nSPS) is 14.3. The summed E-state index contributed by atoms with van der Waals surface area (Å²) in [6, 6.07) is 5.44. The molecule has 1 aliphatic rings. The number of rotatable bonds is 6. The summed E-state index contributed by atoms with van der Waals surface area (Å²) in [6.07, 6.45) is 2.08. The molecule has 0 atom stereocenters. The first kappa shape index (κ1) is 23.1. The van der Waals surface area contributed by atoms with Crippen molar-refractivity contribution in [2.24, 2.45) is 0 Å². The van der Waals surface area contributed by atoms with Gasteiger partial charge in [-0.05, 0) is 43.5 Å². The largest absolute Gasteiger partial charge is 0.465 e. The summed E-state index contributed by atoms with van der Waals surface area (Å²) >= 11 is 0.966. The number of allylic oxidation sites excluding steroid dienone is 1. The smallest absolute Gasteiger partial charge is 0.340 e. The minimum Gasteiger partial charge on any atom is -0.465 e. The predicted octanol–water partition coefficient (Wildman–Crippen LogP) is 3.00. The van der Waals surface area contributed by atoms with Crippen LogP contribution in [-0.4, -0.2) is 38.8 Å². The summed E-state index contributed by atoms with van der Waals surface area (Å²) in [5.74, 6) is -1.28. The second-order valence-corrected chi connectivity index (χ2v) is 10.1. The van der Waals surface area contributed by atoms with E-state index in [0.29, 0.717) is 34.5 Å². The Kier molecular flexibility index (Phi) is 6.93. The third-order valence-electron chi connectivity index (χ3n) is 5.10. The van der Waals surface area contributed by atoms with E-state index < -0.39 is 21.8 Å². The predicted molar refractivity (Wildman–Crippen MR) is 115 cm³/mol. The lowest BCUT2D eigenvalue weighted by molar-refractivity contribution is -0.127. The van der Waals surface area contributed by atoms with Crippen LogP contribution >= 0.6 is 11.3 Å². The van der Waals surface area contributed by atoms with Crippen LogP contribution in [0.2, 0.25) is 0 Å². The lowest BCUT2D eigenvalue weighted by atomic mass is 10.0. The van der Waals surface area contributed by atoms with E-state index in [0.717, 1.165) is 11.3 Å². The third-order valence-corrected chi connectivity index (χ3v) is 8.23. The van der Waals surface area contributed by atoms with Crippen molar-refractivity contribution in [3.8, 4) is 0 Å². The van der Waals surface area contributed by atoms with Gasteiger partial charge in [-0.1, -0.05) is 18.2 Å². The lowest BCUT2D eigenvalue weighted by Crippen LogP contribution is -2.36. The van der Waals surface area contributed by atoms with Crippen LogP contribution in [0, 0.1) is 5.82 Å². The number of halogens is 1.